The van der Waals surface area contributed by atoms with Crippen molar-refractivity contribution in [1.82, 2.24) is 4.90 Å². The monoisotopic (exact) mass is 381 g/mol. The SMILES string of the molecule is Cc1cc(C2CCC2)oc(=O)c1C(=O)Nc1ccc(N2CCN(C)CC2)cc1. The topological polar surface area (TPSA) is 65.8 Å². The third-order valence-corrected chi connectivity index (χ3v) is 5.90. The number of aryl methyl sites for hydroxylation is 1. The normalized spacial score (nSPS) is 18.0. The Kier molecular flexibility index (Phi) is 5.22. The predicted octanol–water partition coefficient (Wildman–Crippen LogP) is 3.22. The quantitative estimate of drug-likeness (QED) is 0.881. The van der Waals surface area contributed by atoms with Crippen molar-refractivity contribution in [2.24, 2.45) is 0 Å². The number of piperazine rings is 1. The highest BCUT2D eigenvalue weighted by molar-refractivity contribution is 6.04. The molecule has 6 heteroatoms. The van der Waals surface area contributed by atoms with Crippen LogP contribution in [0.5, 0.6) is 0 Å². The minimum atomic E-state index is -0.548. The zero-order valence-corrected chi connectivity index (χ0v) is 16.5. The van der Waals surface area contributed by atoms with Crippen LogP contribution in [0.25, 0.3) is 0 Å². The van der Waals surface area contributed by atoms with Gasteiger partial charge in [0.1, 0.15) is 11.3 Å². The molecule has 1 saturated carbocycles. The maximum Gasteiger partial charge on any atom is 0.349 e. The van der Waals surface area contributed by atoms with Gasteiger partial charge in [-0.25, -0.2) is 4.79 Å². The van der Waals surface area contributed by atoms with Gasteiger partial charge in [0.25, 0.3) is 5.91 Å². The van der Waals surface area contributed by atoms with E-state index in [1.54, 1.807) is 6.92 Å². The first-order chi connectivity index (χ1) is 13.5. The lowest BCUT2D eigenvalue weighted by Gasteiger charge is -2.34. The minimum absolute atomic E-state index is 0.0891. The molecule has 2 aliphatic rings. The van der Waals surface area contributed by atoms with Gasteiger partial charge in [0.15, 0.2) is 0 Å². The summed E-state index contributed by atoms with van der Waals surface area (Å²) < 4.78 is 5.43. The molecule has 28 heavy (non-hydrogen) atoms. The molecule has 1 aromatic carbocycles. The van der Waals surface area contributed by atoms with E-state index >= 15 is 0 Å². The third kappa shape index (κ3) is 3.83. The molecule has 0 radical (unpaired) electrons. The van der Waals surface area contributed by atoms with Gasteiger partial charge in [-0.1, -0.05) is 6.42 Å². The number of nitrogens with one attached hydrogen (secondary N) is 1. The summed E-state index contributed by atoms with van der Waals surface area (Å²) >= 11 is 0. The number of likely N-dealkylation sites (N-methyl/N-ethyl adjacent to an activating group) is 1. The van der Waals surface area contributed by atoms with Gasteiger partial charge in [0.05, 0.1) is 0 Å². The number of rotatable bonds is 4. The lowest BCUT2D eigenvalue weighted by Crippen LogP contribution is -2.44. The molecule has 148 valence electrons. The number of amides is 1. The van der Waals surface area contributed by atoms with Crippen LogP contribution in [0.1, 0.15) is 46.9 Å². The zero-order chi connectivity index (χ0) is 19.7. The number of carbonyl (C=O) groups excluding carboxylic acids is 1. The average Bonchev–Trinajstić information content (AvgIpc) is 2.61. The van der Waals surface area contributed by atoms with E-state index in [2.05, 4.69) is 22.2 Å². The number of hydrogen-bond acceptors (Lipinski definition) is 5. The lowest BCUT2D eigenvalue weighted by atomic mass is 9.83. The molecular formula is C22H27N3O3. The molecular weight excluding hydrogens is 354 g/mol. The molecule has 0 bridgehead atoms. The van der Waals surface area contributed by atoms with Crippen LogP contribution in [0.3, 0.4) is 0 Å². The summed E-state index contributed by atoms with van der Waals surface area (Å²) in [6.07, 6.45) is 3.26. The van der Waals surface area contributed by atoms with Crippen LogP contribution in [0, 0.1) is 6.92 Å². The summed E-state index contributed by atoms with van der Waals surface area (Å²) in [5.41, 5.74) is 2.03. The van der Waals surface area contributed by atoms with Crippen LogP contribution in [0.2, 0.25) is 0 Å². The van der Waals surface area contributed by atoms with Crippen LogP contribution >= 0.6 is 0 Å². The number of anilines is 2. The van der Waals surface area contributed by atoms with Crippen LogP contribution in [-0.2, 0) is 0 Å². The molecule has 0 unspecified atom stereocenters. The van der Waals surface area contributed by atoms with E-state index in [-0.39, 0.29) is 5.56 Å². The molecule has 2 fully saturated rings. The Morgan fingerprint density at radius 2 is 1.79 bits per heavy atom. The van der Waals surface area contributed by atoms with E-state index in [1.807, 2.05) is 30.3 Å². The van der Waals surface area contributed by atoms with E-state index in [0.29, 0.717) is 22.9 Å². The van der Waals surface area contributed by atoms with Gasteiger partial charge in [-0.05, 0) is 62.7 Å². The molecule has 1 aliphatic heterocycles. The van der Waals surface area contributed by atoms with Crippen molar-refractivity contribution >= 4 is 17.3 Å². The van der Waals surface area contributed by atoms with Crippen LogP contribution in [0.15, 0.2) is 39.5 Å². The molecule has 0 spiro atoms. The van der Waals surface area contributed by atoms with Crippen molar-refractivity contribution in [2.45, 2.75) is 32.1 Å². The molecule has 1 amide bonds. The van der Waals surface area contributed by atoms with Gasteiger partial charge >= 0.3 is 5.63 Å². The second-order valence-corrected chi connectivity index (χ2v) is 7.91. The summed E-state index contributed by atoms with van der Waals surface area (Å²) in [5.74, 6) is 0.617. The molecule has 1 aliphatic carbocycles. The summed E-state index contributed by atoms with van der Waals surface area (Å²) in [7, 11) is 2.13. The van der Waals surface area contributed by atoms with E-state index in [4.69, 9.17) is 4.42 Å². The van der Waals surface area contributed by atoms with E-state index in [1.165, 1.54) is 6.42 Å². The largest absolute Gasteiger partial charge is 0.427 e. The minimum Gasteiger partial charge on any atom is -0.427 e. The van der Waals surface area contributed by atoms with Crippen molar-refractivity contribution in [2.75, 3.05) is 43.4 Å². The standard InChI is InChI=1S/C22H27N3O3/c1-15-14-19(16-4-3-5-16)28-22(27)20(15)21(26)23-17-6-8-18(9-7-17)25-12-10-24(2)11-13-25/h6-9,14,16H,3-5,10-13H2,1-2H3,(H,23,26). The third-order valence-electron chi connectivity index (χ3n) is 5.90. The highest BCUT2D eigenvalue weighted by atomic mass is 16.4. The predicted molar refractivity (Wildman–Crippen MR) is 110 cm³/mol. The van der Waals surface area contributed by atoms with Crippen LogP contribution < -0.4 is 15.8 Å². The molecule has 0 atom stereocenters. The van der Waals surface area contributed by atoms with Gasteiger partial charge < -0.3 is 19.5 Å². The maximum atomic E-state index is 12.7. The van der Waals surface area contributed by atoms with Crippen LogP contribution in [0.4, 0.5) is 11.4 Å². The van der Waals surface area contributed by atoms with Gasteiger partial charge in [0, 0.05) is 43.5 Å². The van der Waals surface area contributed by atoms with Crippen molar-refractivity contribution in [1.29, 1.82) is 0 Å². The summed E-state index contributed by atoms with van der Waals surface area (Å²) in [6.45, 7) is 5.88. The second kappa shape index (κ2) is 7.80. The molecule has 6 nitrogen and oxygen atoms in total. The van der Waals surface area contributed by atoms with Gasteiger partial charge in [-0.15, -0.1) is 0 Å². The Morgan fingerprint density at radius 3 is 2.36 bits per heavy atom. The first-order valence-electron chi connectivity index (χ1n) is 10.0. The van der Waals surface area contributed by atoms with Gasteiger partial charge in [0.2, 0.25) is 0 Å². The fourth-order valence-electron chi connectivity index (χ4n) is 3.81. The van der Waals surface area contributed by atoms with Crippen LogP contribution in [-0.4, -0.2) is 44.0 Å². The Balaban J connectivity index is 1.45. The first kappa shape index (κ1) is 18.7. The number of nitrogens with zero attached hydrogens (tertiary/aromatic N) is 2. The van der Waals surface area contributed by atoms with Crippen molar-refractivity contribution < 1.29 is 9.21 Å². The number of hydrogen-bond donors (Lipinski definition) is 1. The van der Waals surface area contributed by atoms with E-state index in [0.717, 1.165) is 44.7 Å². The molecule has 1 aromatic heterocycles. The smallest absolute Gasteiger partial charge is 0.349 e. The fourth-order valence-corrected chi connectivity index (χ4v) is 3.81. The maximum absolute atomic E-state index is 12.7. The van der Waals surface area contributed by atoms with E-state index in [9.17, 15) is 9.59 Å². The Hall–Kier alpha value is -2.60. The highest BCUT2D eigenvalue weighted by Gasteiger charge is 2.25. The van der Waals surface area contributed by atoms with Gasteiger partial charge in [-0.3, -0.25) is 4.79 Å². The molecule has 4 rings (SSSR count). The summed E-state index contributed by atoms with van der Waals surface area (Å²) in [6, 6.07) is 9.62. The average molecular weight is 381 g/mol. The molecule has 2 heterocycles. The van der Waals surface area contributed by atoms with Gasteiger partial charge in [-0.2, -0.15) is 0 Å². The molecule has 1 saturated heterocycles. The second-order valence-electron chi connectivity index (χ2n) is 7.91. The fraction of sp³-hybridized carbons (Fsp3) is 0.455. The van der Waals surface area contributed by atoms with E-state index < -0.39 is 11.5 Å². The first-order valence-corrected chi connectivity index (χ1v) is 10.0. The molecule has 1 N–H and O–H groups in total. The van der Waals surface area contributed by atoms with Crippen molar-refractivity contribution in [3.8, 4) is 0 Å². The highest BCUT2D eigenvalue weighted by Crippen LogP contribution is 2.36. The van der Waals surface area contributed by atoms with Crippen molar-refractivity contribution in [3.63, 3.8) is 0 Å². The summed E-state index contributed by atoms with van der Waals surface area (Å²) in [5, 5.41) is 2.83. The Morgan fingerprint density at radius 1 is 1.11 bits per heavy atom. The zero-order valence-electron chi connectivity index (χ0n) is 16.5. The van der Waals surface area contributed by atoms with Crippen molar-refractivity contribution in [3.05, 3.63) is 57.6 Å². The summed E-state index contributed by atoms with van der Waals surface area (Å²) in [4.78, 5) is 29.7. The Labute approximate surface area is 165 Å². The molecule has 2 aromatic rings. The number of benzene rings is 1. The number of carbonyl (C=O) groups is 1. The Bertz CT molecular complexity index is 908. The lowest BCUT2D eigenvalue weighted by molar-refractivity contribution is 0.102.